The standard InChI is InChI=1S/C24H38N2O5/c1-24(2,3)31-22(28)14-13-21(27)26(16-15-20(25)19-11-7-8-12-19)23(29)30-17-18-9-5-4-6-10-18/h4-6,9-10,19-21,27H,7-8,11-17,25H2,1-3H3/t20-,21-/m0/s1. The third kappa shape index (κ3) is 9.27. The van der Waals surface area contributed by atoms with Crippen molar-refractivity contribution in [1.82, 2.24) is 4.90 Å². The number of aliphatic hydroxyl groups excluding tert-OH is 1. The van der Waals surface area contributed by atoms with Crippen LogP contribution in [0.3, 0.4) is 0 Å². The zero-order valence-electron chi connectivity index (χ0n) is 19.1. The Morgan fingerprint density at radius 1 is 1.16 bits per heavy atom. The third-order valence-corrected chi connectivity index (χ3v) is 5.53. The van der Waals surface area contributed by atoms with Crippen molar-refractivity contribution in [2.75, 3.05) is 6.54 Å². The molecule has 2 rings (SSSR count). The summed E-state index contributed by atoms with van der Waals surface area (Å²) in [6, 6.07) is 9.35. The molecule has 1 aliphatic carbocycles. The number of esters is 1. The fourth-order valence-corrected chi connectivity index (χ4v) is 3.87. The summed E-state index contributed by atoms with van der Waals surface area (Å²) in [4.78, 5) is 26.1. The highest BCUT2D eigenvalue weighted by atomic mass is 16.6. The maximum Gasteiger partial charge on any atom is 0.412 e. The molecule has 1 aromatic rings. The first-order chi connectivity index (χ1) is 14.7. The van der Waals surface area contributed by atoms with Crippen LogP contribution in [0.4, 0.5) is 4.79 Å². The number of aliphatic hydroxyl groups is 1. The zero-order chi connectivity index (χ0) is 22.9. The quantitative estimate of drug-likeness (QED) is 0.427. The molecule has 7 nitrogen and oxygen atoms in total. The van der Waals surface area contributed by atoms with Crippen molar-refractivity contribution >= 4 is 12.1 Å². The van der Waals surface area contributed by atoms with Gasteiger partial charge in [0.05, 0.1) is 0 Å². The van der Waals surface area contributed by atoms with Gasteiger partial charge in [0.15, 0.2) is 0 Å². The second-order valence-electron chi connectivity index (χ2n) is 9.34. The predicted octanol–water partition coefficient (Wildman–Crippen LogP) is 3.97. The van der Waals surface area contributed by atoms with Crippen LogP contribution in [0.5, 0.6) is 0 Å². The first kappa shape index (κ1) is 25.1. The first-order valence-corrected chi connectivity index (χ1v) is 11.3. The van der Waals surface area contributed by atoms with Gasteiger partial charge >= 0.3 is 12.1 Å². The molecule has 0 aliphatic heterocycles. The second-order valence-corrected chi connectivity index (χ2v) is 9.34. The average molecular weight is 435 g/mol. The molecule has 0 saturated heterocycles. The van der Waals surface area contributed by atoms with Crippen molar-refractivity contribution < 1.29 is 24.2 Å². The van der Waals surface area contributed by atoms with Gasteiger partial charge in [-0.25, -0.2) is 4.79 Å². The zero-order valence-corrected chi connectivity index (χ0v) is 19.1. The summed E-state index contributed by atoms with van der Waals surface area (Å²) in [5, 5.41) is 10.7. The molecule has 1 aliphatic rings. The molecule has 0 bridgehead atoms. The van der Waals surface area contributed by atoms with E-state index in [0.717, 1.165) is 18.4 Å². The smallest absolute Gasteiger partial charge is 0.412 e. The van der Waals surface area contributed by atoms with Gasteiger partial charge in [-0.05, 0) is 51.5 Å². The molecular weight excluding hydrogens is 396 g/mol. The molecule has 3 N–H and O–H groups in total. The summed E-state index contributed by atoms with van der Waals surface area (Å²) in [5.74, 6) is 0.0490. The molecule has 1 aromatic carbocycles. The first-order valence-electron chi connectivity index (χ1n) is 11.3. The van der Waals surface area contributed by atoms with Crippen LogP contribution in [0.2, 0.25) is 0 Å². The average Bonchev–Trinajstić information content (AvgIpc) is 3.25. The number of amides is 1. The summed E-state index contributed by atoms with van der Waals surface area (Å²) < 4.78 is 10.7. The number of nitrogens with two attached hydrogens (primary N) is 1. The van der Waals surface area contributed by atoms with E-state index in [1.807, 2.05) is 30.3 Å². The minimum atomic E-state index is -1.15. The van der Waals surface area contributed by atoms with E-state index in [2.05, 4.69) is 0 Å². The molecule has 0 heterocycles. The number of rotatable bonds is 10. The highest BCUT2D eigenvalue weighted by molar-refractivity contribution is 5.70. The Morgan fingerprint density at radius 2 is 1.81 bits per heavy atom. The van der Waals surface area contributed by atoms with Gasteiger partial charge in [0, 0.05) is 25.4 Å². The SMILES string of the molecule is CC(C)(C)OC(=O)CC[C@H](O)N(CC[C@H](N)C1CCCC1)C(=O)OCc1ccccc1. The van der Waals surface area contributed by atoms with Crippen LogP contribution >= 0.6 is 0 Å². The Hall–Kier alpha value is -2.12. The van der Waals surface area contributed by atoms with Crippen LogP contribution in [-0.4, -0.2) is 46.5 Å². The van der Waals surface area contributed by atoms with Crippen LogP contribution in [-0.2, 0) is 20.9 Å². The number of nitrogens with zero attached hydrogens (tertiary/aromatic N) is 1. The largest absolute Gasteiger partial charge is 0.460 e. The van der Waals surface area contributed by atoms with Crippen LogP contribution in [0.25, 0.3) is 0 Å². The molecule has 174 valence electrons. The fourth-order valence-electron chi connectivity index (χ4n) is 3.87. The summed E-state index contributed by atoms with van der Waals surface area (Å²) in [6.07, 6.45) is 3.52. The van der Waals surface area contributed by atoms with Crippen molar-refractivity contribution in [2.24, 2.45) is 11.7 Å². The van der Waals surface area contributed by atoms with Crippen molar-refractivity contribution in [3.63, 3.8) is 0 Å². The Balaban J connectivity index is 1.94. The van der Waals surface area contributed by atoms with Crippen molar-refractivity contribution in [1.29, 1.82) is 0 Å². The van der Waals surface area contributed by atoms with E-state index in [4.69, 9.17) is 15.2 Å². The topological polar surface area (TPSA) is 102 Å². The van der Waals surface area contributed by atoms with Gasteiger partial charge in [0.1, 0.15) is 18.4 Å². The van der Waals surface area contributed by atoms with Gasteiger partial charge in [0.25, 0.3) is 0 Å². The van der Waals surface area contributed by atoms with Crippen LogP contribution in [0, 0.1) is 5.92 Å². The molecule has 1 fully saturated rings. The minimum absolute atomic E-state index is 0.00950. The fraction of sp³-hybridized carbons (Fsp3) is 0.667. The van der Waals surface area contributed by atoms with Crippen LogP contribution < -0.4 is 5.73 Å². The maximum absolute atomic E-state index is 12.8. The number of hydrogen-bond donors (Lipinski definition) is 2. The molecular formula is C24H38N2O5. The Kier molecular flexibility index (Phi) is 9.78. The molecule has 2 atom stereocenters. The molecule has 1 amide bonds. The third-order valence-electron chi connectivity index (χ3n) is 5.53. The monoisotopic (exact) mass is 434 g/mol. The summed E-state index contributed by atoms with van der Waals surface area (Å²) in [5.41, 5.74) is 6.62. The van der Waals surface area contributed by atoms with Gasteiger partial charge in [0.2, 0.25) is 0 Å². The molecule has 0 aromatic heterocycles. The van der Waals surface area contributed by atoms with E-state index in [1.165, 1.54) is 17.7 Å². The number of carbonyl (C=O) groups excluding carboxylic acids is 2. The van der Waals surface area contributed by atoms with E-state index >= 15 is 0 Å². The number of hydrogen-bond acceptors (Lipinski definition) is 6. The van der Waals surface area contributed by atoms with Gasteiger partial charge < -0.3 is 20.3 Å². The highest BCUT2D eigenvalue weighted by Crippen LogP contribution is 2.28. The molecule has 31 heavy (non-hydrogen) atoms. The highest BCUT2D eigenvalue weighted by Gasteiger charge is 2.28. The lowest BCUT2D eigenvalue weighted by Gasteiger charge is -2.29. The minimum Gasteiger partial charge on any atom is -0.460 e. The molecule has 0 unspecified atom stereocenters. The maximum atomic E-state index is 12.8. The molecule has 0 radical (unpaired) electrons. The van der Waals surface area contributed by atoms with Gasteiger partial charge in [-0.3, -0.25) is 9.69 Å². The second kappa shape index (κ2) is 12.1. The summed E-state index contributed by atoms with van der Waals surface area (Å²) in [6.45, 7) is 5.77. The van der Waals surface area contributed by atoms with Gasteiger partial charge in [-0.1, -0.05) is 43.2 Å². The summed E-state index contributed by atoms with van der Waals surface area (Å²) >= 11 is 0. The van der Waals surface area contributed by atoms with E-state index < -0.39 is 23.9 Å². The van der Waals surface area contributed by atoms with Crippen LogP contribution in [0.1, 0.15) is 71.3 Å². The van der Waals surface area contributed by atoms with E-state index in [9.17, 15) is 14.7 Å². The Morgan fingerprint density at radius 3 is 2.42 bits per heavy atom. The van der Waals surface area contributed by atoms with Crippen LogP contribution in [0.15, 0.2) is 30.3 Å². The van der Waals surface area contributed by atoms with E-state index in [-0.39, 0.29) is 32.0 Å². The van der Waals surface area contributed by atoms with E-state index in [1.54, 1.807) is 20.8 Å². The molecule has 0 spiro atoms. The van der Waals surface area contributed by atoms with Gasteiger partial charge in [-0.15, -0.1) is 0 Å². The van der Waals surface area contributed by atoms with E-state index in [0.29, 0.717) is 12.3 Å². The van der Waals surface area contributed by atoms with Crippen molar-refractivity contribution in [3.8, 4) is 0 Å². The lowest BCUT2D eigenvalue weighted by molar-refractivity contribution is -0.156. The normalized spacial score (nSPS) is 16.5. The lowest BCUT2D eigenvalue weighted by atomic mass is 9.96. The number of carbonyl (C=O) groups is 2. The number of ether oxygens (including phenoxy) is 2. The lowest BCUT2D eigenvalue weighted by Crippen LogP contribution is -2.44. The predicted molar refractivity (Wildman–Crippen MR) is 119 cm³/mol. The Bertz CT molecular complexity index is 683. The molecule has 7 heteroatoms. The molecule has 1 saturated carbocycles. The number of benzene rings is 1. The Labute approximate surface area is 185 Å². The summed E-state index contributed by atoms with van der Waals surface area (Å²) in [7, 11) is 0. The van der Waals surface area contributed by atoms with Crippen molar-refractivity contribution in [2.45, 2.75) is 90.2 Å². The van der Waals surface area contributed by atoms with Crippen molar-refractivity contribution in [3.05, 3.63) is 35.9 Å². The van der Waals surface area contributed by atoms with Gasteiger partial charge in [-0.2, -0.15) is 0 Å².